The summed E-state index contributed by atoms with van der Waals surface area (Å²) in [5.74, 6) is -1.10. The summed E-state index contributed by atoms with van der Waals surface area (Å²) in [4.78, 5) is 22.9. The van der Waals surface area contributed by atoms with Crippen molar-refractivity contribution in [2.75, 3.05) is 40.6 Å². The third-order valence-corrected chi connectivity index (χ3v) is 2.96. The molecule has 8 nitrogen and oxygen atoms in total. The average molecular weight is 276 g/mol. The first-order valence-corrected chi connectivity index (χ1v) is 5.93. The summed E-state index contributed by atoms with van der Waals surface area (Å²) in [7, 11) is 3.04. The van der Waals surface area contributed by atoms with Crippen LogP contribution in [0.2, 0.25) is 0 Å². The van der Waals surface area contributed by atoms with Crippen LogP contribution in [0.1, 0.15) is 6.42 Å². The molecule has 19 heavy (non-hydrogen) atoms. The Hall–Kier alpha value is -1.38. The van der Waals surface area contributed by atoms with E-state index in [-0.39, 0.29) is 25.7 Å². The second-order valence-corrected chi connectivity index (χ2v) is 4.34. The van der Waals surface area contributed by atoms with Crippen molar-refractivity contribution >= 4 is 12.0 Å². The minimum atomic E-state index is -1.34. The van der Waals surface area contributed by atoms with Crippen molar-refractivity contribution in [2.45, 2.75) is 18.1 Å². The number of carbonyl (C=O) groups is 2. The Bertz CT molecular complexity index is 316. The van der Waals surface area contributed by atoms with Crippen LogP contribution in [0.25, 0.3) is 0 Å². The lowest BCUT2D eigenvalue weighted by molar-refractivity contribution is -0.144. The van der Waals surface area contributed by atoms with Crippen molar-refractivity contribution in [3.63, 3.8) is 0 Å². The average Bonchev–Trinajstić information content (AvgIpc) is 2.84. The third-order valence-electron chi connectivity index (χ3n) is 2.96. The highest BCUT2D eigenvalue weighted by molar-refractivity contribution is 5.86. The molecule has 0 radical (unpaired) electrons. The van der Waals surface area contributed by atoms with Crippen molar-refractivity contribution in [2.24, 2.45) is 0 Å². The van der Waals surface area contributed by atoms with Crippen LogP contribution in [-0.2, 0) is 19.0 Å². The molecule has 2 atom stereocenters. The molecule has 8 heteroatoms. The molecule has 1 aliphatic heterocycles. The summed E-state index contributed by atoms with van der Waals surface area (Å²) in [5.41, 5.74) is -1.34. The Morgan fingerprint density at radius 2 is 2.21 bits per heavy atom. The molecule has 0 aromatic heterocycles. The molecule has 1 rings (SSSR count). The van der Waals surface area contributed by atoms with E-state index in [0.717, 1.165) is 0 Å². The van der Waals surface area contributed by atoms with E-state index >= 15 is 0 Å². The number of aliphatic carboxylic acids is 1. The van der Waals surface area contributed by atoms with Gasteiger partial charge in [0.15, 0.2) is 5.54 Å². The van der Waals surface area contributed by atoms with Gasteiger partial charge >= 0.3 is 12.0 Å². The summed E-state index contributed by atoms with van der Waals surface area (Å²) in [5, 5.41) is 14.1. The highest BCUT2D eigenvalue weighted by Crippen LogP contribution is 2.18. The van der Waals surface area contributed by atoms with Crippen LogP contribution in [-0.4, -0.2) is 69.3 Å². The van der Waals surface area contributed by atoms with Gasteiger partial charge in [0.1, 0.15) is 0 Å². The zero-order valence-corrected chi connectivity index (χ0v) is 11.1. The molecule has 1 heterocycles. The fraction of sp³-hybridized carbons (Fsp3) is 0.818. The Balaban J connectivity index is 2.43. The zero-order valence-electron chi connectivity index (χ0n) is 11.1. The summed E-state index contributed by atoms with van der Waals surface area (Å²) in [6.45, 7) is 0.856. The summed E-state index contributed by atoms with van der Waals surface area (Å²) in [6.07, 6.45) is -0.0296. The fourth-order valence-electron chi connectivity index (χ4n) is 1.75. The van der Waals surface area contributed by atoms with Crippen LogP contribution in [0.3, 0.4) is 0 Å². The van der Waals surface area contributed by atoms with Gasteiger partial charge in [-0.25, -0.2) is 9.59 Å². The molecule has 2 unspecified atom stereocenters. The number of amides is 2. The predicted octanol–water partition coefficient (Wildman–Crippen LogP) is -0.809. The van der Waals surface area contributed by atoms with Crippen molar-refractivity contribution in [3.8, 4) is 0 Å². The van der Waals surface area contributed by atoms with Crippen molar-refractivity contribution in [3.05, 3.63) is 0 Å². The largest absolute Gasteiger partial charge is 0.479 e. The zero-order chi connectivity index (χ0) is 14.3. The van der Waals surface area contributed by atoms with Crippen molar-refractivity contribution in [1.29, 1.82) is 0 Å². The highest BCUT2D eigenvalue weighted by atomic mass is 16.5. The lowest BCUT2D eigenvalue weighted by Crippen LogP contribution is -2.58. The molecule has 0 saturated carbocycles. The maximum Gasteiger partial charge on any atom is 0.332 e. The van der Waals surface area contributed by atoms with Crippen molar-refractivity contribution in [1.82, 2.24) is 10.6 Å². The monoisotopic (exact) mass is 276 g/mol. The van der Waals surface area contributed by atoms with E-state index < -0.39 is 17.5 Å². The first-order chi connectivity index (χ1) is 9.04. The summed E-state index contributed by atoms with van der Waals surface area (Å²) < 4.78 is 15.0. The van der Waals surface area contributed by atoms with Crippen molar-refractivity contribution < 1.29 is 28.9 Å². The van der Waals surface area contributed by atoms with Gasteiger partial charge in [-0.2, -0.15) is 0 Å². The van der Waals surface area contributed by atoms with E-state index in [4.69, 9.17) is 19.3 Å². The molecule has 1 aliphatic rings. The highest BCUT2D eigenvalue weighted by Gasteiger charge is 2.44. The molecule has 2 amide bonds. The number of ether oxygens (including phenoxy) is 3. The molecule has 1 saturated heterocycles. The van der Waals surface area contributed by atoms with Gasteiger partial charge in [0.25, 0.3) is 0 Å². The Kier molecular flexibility index (Phi) is 6.00. The van der Waals surface area contributed by atoms with Crippen LogP contribution in [0.4, 0.5) is 4.79 Å². The SMILES string of the molecule is COCC(CNC(=O)NC1(C(=O)O)CCOC1)OC. The molecular formula is C11H20N2O6. The first-order valence-electron chi connectivity index (χ1n) is 5.93. The normalized spacial score (nSPS) is 23.9. The van der Waals surface area contributed by atoms with Gasteiger partial charge in [0.2, 0.25) is 0 Å². The summed E-state index contributed by atoms with van der Waals surface area (Å²) in [6, 6.07) is -0.564. The minimum Gasteiger partial charge on any atom is -0.479 e. The Morgan fingerprint density at radius 3 is 2.68 bits per heavy atom. The van der Waals surface area contributed by atoms with Crippen LogP contribution in [0.5, 0.6) is 0 Å². The second kappa shape index (κ2) is 7.27. The van der Waals surface area contributed by atoms with Gasteiger partial charge in [-0.3, -0.25) is 0 Å². The standard InChI is InChI=1S/C11H20N2O6/c1-17-6-8(18-2)5-12-10(16)13-11(9(14)15)3-4-19-7-11/h8H,3-7H2,1-2H3,(H,14,15)(H2,12,13,16). The van der Waals surface area contributed by atoms with E-state index in [1.807, 2.05) is 0 Å². The van der Waals surface area contributed by atoms with Gasteiger partial charge in [-0.05, 0) is 0 Å². The molecule has 1 fully saturated rings. The number of carbonyl (C=O) groups excluding carboxylic acids is 1. The predicted molar refractivity (Wildman–Crippen MR) is 65.0 cm³/mol. The third kappa shape index (κ3) is 4.34. The number of hydrogen-bond acceptors (Lipinski definition) is 5. The Morgan fingerprint density at radius 1 is 1.47 bits per heavy atom. The number of nitrogens with one attached hydrogen (secondary N) is 2. The lowest BCUT2D eigenvalue weighted by Gasteiger charge is -2.24. The van der Waals surface area contributed by atoms with E-state index in [1.165, 1.54) is 14.2 Å². The van der Waals surface area contributed by atoms with E-state index in [2.05, 4.69) is 10.6 Å². The van der Waals surface area contributed by atoms with Gasteiger partial charge in [-0.15, -0.1) is 0 Å². The molecule has 0 bridgehead atoms. The van der Waals surface area contributed by atoms with E-state index in [1.54, 1.807) is 0 Å². The number of hydrogen-bond donors (Lipinski definition) is 3. The lowest BCUT2D eigenvalue weighted by atomic mass is 9.99. The Labute approximate surface area is 111 Å². The number of rotatable bonds is 7. The van der Waals surface area contributed by atoms with Gasteiger partial charge in [0.05, 0.1) is 19.3 Å². The maximum absolute atomic E-state index is 11.7. The molecular weight excluding hydrogens is 256 g/mol. The van der Waals surface area contributed by atoms with Crippen LogP contribution in [0.15, 0.2) is 0 Å². The maximum atomic E-state index is 11.7. The number of carboxylic acids is 1. The molecule has 0 aromatic carbocycles. The summed E-state index contributed by atoms with van der Waals surface area (Å²) >= 11 is 0. The molecule has 0 spiro atoms. The quantitative estimate of drug-likeness (QED) is 0.561. The molecule has 110 valence electrons. The van der Waals surface area contributed by atoms with Gasteiger partial charge in [0, 0.05) is 33.8 Å². The molecule has 0 aromatic rings. The smallest absolute Gasteiger partial charge is 0.332 e. The van der Waals surface area contributed by atoms with Gasteiger partial charge in [-0.1, -0.05) is 0 Å². The van der Waals surface area contributed by atoms with E-state index in [9.17, 15) is 9.59 Å². The number of urea groups is 1. The van der Waals surface area contributed by atoms with Crippen LogP contribution in [0, 0.1) is 0 Å². The van der Waals surface area contributed by atoms with Gasteiger partial charge < -0.3 is 30.0 Å². The fourth-order valence-corrected chi connectivity index (χ4v) is 1.75. The first kappa shape index (κ1) is 15.7. The second-order valence-electron chi connectivity index (χ2n) is 4.34. The van der Waals surface area contributed by atoms with Crippen LogP contribution >= 0.6 is 0 Å². The van der Waals surface area contributed by atoms with Crippen LogP contribution < -0.4 is 10.6 Å². The minimum absolute atomic E-state index is 0.0263. The molecule has 3 N–H and O–H groups in total. The van der Waals surface area contributed by atoms with E-state index in [0.29, 0.717) is 13.2 Å². The number of methoxy groups -OCH3 is 2. The topological polar surface area (TPSA) is 106 Å². The molecule has 0 aliphatic carbocycles. The number of carboxylic acid groups (broad SMARTS) is 1.